The molecule has 0 aliphatic heterocycles. The molecule has 0 atom stereocenters. The number of hydrogen-bond acceptors (Lipinski definition) is 7. The first-order valence-electron chi connectivity index (χ1n) is 11.8. The van der Waals surface area contributed by atoms with Gasteiger partial charge >= 0.3 is 0 Å². The van der Waals surface area contributed by atoms with Gasteiger partial charge in [0.15, 0.2) is 4.34 Å². The zero-order valence-corrected chi connectivity index (χ0v) is 22.7. The molecule has 0 unspecified atom stereocenters. The van der Waals surface area contributed by atoms with Gasteiger partial charge in [0.25, 0.3) is 0 Å². The first-order valence-corrected chi connectivity index (χ1v) is 17.2. The van der Waals surface area contributed by atoms with Crippen molar-refractivity contribution in [1.82, 2.24) is 9.36 Å². The van der Waals surface area contributed by atoms with Gasteiger partial charge in [0.2, 0.25) is 5.16 Å². The Kier molecular flexibility index (Phi) is 21.4. The molecule has 0 aliphatic carbocycles. The van der Waals surface area contributed by atoms with Crippen molar-refractivity contribution in [2.24, 2.45) is 0 Å². The van der Waals surface area contributed by atoms with Crippen LogP contribution in [0.2, 0.25) is 0 Å². The van der Waals surface area contributed by atoms with Gasteiger partial charge < -0.3 is 0 Å². The van der Waals surface area contributed by atoms with Gasteiger partial charge in [-0.3, -0.25) is 0 Å². The van der Waals surface area contributed by atoms with E-state index in [-0.39, 0.29) is 0 Å². The van der Waals surface area contributed by atoms with E-state index in [2.05, 4.69) is 23.2 Å². The average Bonchev–Trinajstić information content (AvgIpc) is 3.18. The van der Waals surface area contributed by atoms with Crippen molar-refractivity contribution in [1.29, 1.82) is 0 Å². The fraction of sp³-hybridized carbons (Fsp3) is 0.909. The number of hydrogen-bond donors (Lipinski definition) is 0. The van der Waals surface area contributed by atoms with Crippen molar-refractivity contribution in [3.8, 4) is 0 Å². The molecule has 0 aliphatic rings. The van der Waals surface area contributed by atoms with E-state index >= 15 is 0 Å². The van der Waals surface area contributed by atoms with Crippen LogP contribution >= 0.6 is 54.7 Å². The second-order valence-electron chi connectivity index (χ2n) is 7.60. The minimum Gasteiger partial charge on any atom is -0.201 e. The van der Waals surface area contributed by atoms with Gasteiger partial charge in [-0.05, 0) is 46.0 Å². The van der Waals surface area contributed by atoms with Crippen LogP contribution in [-0.2, 0) is 0 Å². The quantitative estimate of drug-likeness (QED) is 0.117. The number of unbranched alkanes of at least 4 members (excludes halogenated alkanes) is 14. The van der Waals surface area contributed by atoms with E-state index < -0.39 is 0 Å². The highest BCUT2D eigenvalue weighted by atomic mass is 33.1. The Balaban J connectivity index is 1.88. The molecular weight excluding hydrogens is 453 g/mol. The van der Waals surface area contributed by atoms with Crippen LogP contribution in [0.4, 0.5) is 0 Å². The van der Waals surface area contributed by atoms with Crippen molar-refractivity contribution in [2.75, 3.05) is 11.5 Å². The number of nitrogens with zero attached hydrogens (tertiary/aromatic N) is 2. The summed E-state index contributed by atoms with van der Waals surface area (Å²) in [4.78, 5) is 4.65. The second kappa shape index (κ2) is 22.2. The van der Waals surface area contributed by atoms with Crippen LogP contribution in [0.25, 0.3) is 0 Å². The van der Waals surface area contributed by atoms with E-state index in [1.165, 1.54) is 114 Å². The lowest BCUT2D eigenvalue weighted by Gasteiger charge is -2.01. The fourth-order valence-corrected chi connectivity index (χ4v) is 8.25. The predicted octanol–water partition coefficient (Wildman–Crippen LogP) is 10.3. The number of rotatable bonds is 22. The van der Waals surface area contributed by atoms with Crippen LogP contribution < -0.4 is 0 Å². The topological polar surface area (TPSA) is 25.8 Å². The Bertz CT molecular complexity index is 418. The largest absolute Gasteiger partial charge is 0.211 e. The highest BCUT2D eigenvalue weighted by Crippen LogP contribution is 2.37. The zero-order chi connectivity index (χ0) is 20.8. The molecule has 1 rings (SSSR count). The van der Waals surface area contributed by atoms with E-state index in [0.717, 1.165) is 9.50 Å². The highest BCUT2D eigenvalue weighted by Gasteiger charge is 2.06. The van der Waals surface area contributed by atoms with Crippen molar-refractivity contribution in [3.63, 3.8) is 0 Å². The van der Waals surface area contributed by atoms with Crippen LogP contribution in [0.3, 0.4) is 0 Å². The van der Waals surface area contributed by atoms with E-state index in [0.29, 0.717) is 0 Å². The maximum Gasteiger partial charge on any atom is 0.211 e. The lowest BCUT2D eigenvalue weighted by atomic mass is 10.1. The normalized spacial score (nSPS) is 11.4. The molecule has 170 valence electrons. The summed E-state index contributed by atoms with van der Waals surface area (Å²) in [5, 5.41) is 0.953. The lowest BCUT2D eigenvalue weighted by Crippen LogP contribution is -1.82. The Hall–Kier alpha value is 0.960. The fourth-order valence-electron chi connectivity index (χ4n) is 3.04. The molecule has 0 aromatic carbocycles. The van der Waals surface area contributed by atoms with Crippen LogP contribution in [0.15, 0.2) is 9.50 Å². The molecule has 0 fully saturated rings. The van der Waals surface area contributed by atoms with Crippen LogP contribution in [0.1, 0.15) is 117 Å². The summed E-state index contributed by atoms with van der Waals surface area (Å²) in [5.74, 6) is 2.45. The first kappa shape index (κ1) is 28.0. The van der Waals surface area contributed by atoms with Gasteiger partial charge in [-0.2, -0.15) is 4.37 Å². The molecule has 0 bridgehead atoms. The third kappa shape index (κ3) is 18.3. The molecule has 2 nitrogen and oxygen atoms in total. The summed E-state index contributed by atoms with van der Waals surface area (Å²) in [7, 11) is 7.43. The molecule has 1 aromatic rings. The molecule has 0 saturated carbocycles. The summed E-state index contributed by atoms with van der Waals surface area (Å²) >= 11 is 1.56. The predicted molar refractivity (Wildman–Crippen MR) is 142 cm³/mol. The Morgan fingerprint density at radius 2 is 1.03 bits per heavy atom. The van der Waals surface area contributed by atoms with Gasteiger partial charge in [-0.1, -0.05) is 125 Å². The zero-order valence-electron chi connectivity index (χ0n) is 18.7. The molecule has 1 heterocycles. The van der Waals surface area contributed by atoms with E-state index in [1.54, 1.807) is 22.3 Å². The van der Waals surface area contributed by atoms with Crippen molar-refractivity contribution < 1.29 is 0 Å². The summed E-state index contributed by atoms with van der Waals surface area (Å²) < 4.78 is 5.61. The third-order valence-electron chi connectivity index (χ3n) is 4.81. The smallest absolute Gasteiger partial charge is 0.201 e. The van der Waals surface area contributed by atoms with Gasteiger partial charge in [0.05, 0.1) is 0 Å². The minimum absolute atomic E-state index is 0.953. The second-order valence-corrected chi connectivity index (χ2v) is 13.4. The van der Waals surface area contributed by atoms with Crippen LogP contribution in [0, 0.1) is 0 Å². The Morgan fingerprint density at radius 1 is 0.586 bits per heavy atom. The summed E-state index contributed by atoms with van der Waals surface area (Å²) in [6, 6.07) is 0. The molecular formula is C22H42N2S5. The molecule has 1 aromatic heterocycles. The summed E-state index contributed by atoms with van der Waals surface area (Å²) in [6.07, 6.45) is 22.3. The summed E-state index contributed by atoms with van der Waals surface area (Å²) in [5.41, 5.74) is 0. The Morgan fingerprint density at radius 3 is 1.55 bits per heavy atom. The van der Waals surface area contributed by atoms with Crippen LogP contribution in [0.5, 0.6) is 0 Å². The molecule has 0 saturated heterocycles. The van der Waals surface area contributed by atoms with Crippen LogP contribution in [-0.4, -0.2) is 20.9 Å². The summed E-state index contributed by atoms with van der Waals surface area (Å²) in [6.45, 7) is 4.57. The van der Waals surface area contributed by atoms with Gasteiger partial charge in [0.1, 0.15) is 0 Å². The SMILES string of the molecule is CCCCCCCCCCSSc1nsc(SSCCCCCCCCCC)n1. The highest BCUT2D eigenvalue weighted by molar-refractivity contribution is 8.77. The van der Waals surface area contributed by atoms with Crippen molar-refractivity contribution in [3.05, 3.63) is 0 Å². The Labute approximate surface area is 200 Å². The molecule has 0 N–H and O–H groups in total. The maximum atomic E-state index is 4.65. The van der Waals surface area contributed by atoms with Gasteiger partial charge in [0, 0.05) is 11.5 Å². The molecule has 29 heavy (non-hydrogen) atoms. The number of aromatic nitrogens is 2. The standard InChI is InChI=1S/C22H42N2S5/c1-3-5-7-9-11-13-15-17-19-25-28-21-23-22(27-24-21)29-26-20-18-16-14-12-10-8-6-4-2/h3-20H2,1-2H3. The lowest BCUT2D eigenvalue weighted by molar-refractivity contribution is 0.586. The van der Waals surface area contributed by atoms with E-state index in [4.69, 9.17) is 0 Å². The monoisotopic (exact) mass is 494 g/mol. The third-order valence-corrected chi connectivity index (χ3v) is 10.6. The van der Waals surface area contributed by atoms with Crippen molar-refractivity contribution in [2.45, 2.75) is 126 Å². The first-order chi connectivity index (χ1) is 14.4. The van der Waals surface area contributed by atoms with Gasteiger partial charge in [-0.25, -0.2) is 4.98 Å². The average molecular weight is 495 g/mol. The molecule has 0 radical (unpaired) electrons. The van der Waals surface area contributed by atoms with E-state index in [9.17, 15) is 0 Å². The molecule has 0 spiro atoms. The van der Waals surface area contributed by atoms with E-state index in [1.807, 2.05) is 32.4 Å². The van der Waals surface area contributed by atoms with Gasteiger partial charge in [-0.15, -0.1) is 0 Å². The molecule has 0 amide bonds. The minimum atomic E-state index is 0.953. The van der Waals surface area contributed by atoms with Crippen molar-refractivity contribution >= 4 is 54.7 Å². The molecule has 7 heteroatoms. The maximum absolute atomic E-state index is 4.65.